The summed E-state index contributed by atoms with van der Waals surface area (Å²) in [6.45, 7) is 0.726. The maximum absolute atomic E-state index is 13.5. The molecule has 0 radical (unpaired) electrons. The smallest absolute Gasteiger partial charge is 0.252 e. The Bertz CT molecular complexity index is 607. The van der Waals surface area contributed by atoms with Gasteiger partial charge in [-0.3, -0.25) is 4.79 Å². The molecule has 1 aromatic carbocycles. The largest absolute Gasteiger partial charge is 0.385 e. The van der Waals surface area contributed by atoms with E-state index in [4.69, 9.17) is 21.5 Å². The minimum Gasteiger partial charge on any atom is -0.385 e. The molecule has 3 N–H and O–H groups in total. The molecule has 1 rings (SSSR count). The molecule has 20 heavy (non-hydrogen) atoms. The molecular formula is C11H14ClFN2O4S. The highest BCUT2D eigenvalue weighted by atomic mass is 35.5. The van der Waals surface area contributed by atoms with Crippen LogP contribution in [-0.4, -0.2) is 34.6 Å². The average molecular weight is 325 g/mol. The van der Waals surface area contributed by atoms with Crippen LogP contribution in [0.3, 0.4) is 0 Å². The number of primary sulfonamides is 1. The van der Waals surface area contributed by atoms with Crippen molar-refractivity contribution in [3.63, 3.8) is 0 Å². The predicted octanol–water partition coefficient (Wildman–Crippen LogP) is 0.893. The molecule has 0 atom stereocenters. The van der Waals surface area contributed by atoms with Crippen molar-refractivity contribution in [2.45, 2.75) is 11.3 Å². The molecule has 0 heterocycles. The highest BCUT2D eigenvalue weighted by Gasteiger charge is 2.19. The van der Waals surface area contributed by atoms with Crippen LogP contribution in [0, 0.1) is 5.82 Å². The Labute approximate surface area is 121 Å². The van der Waals surface area contributed by atoms with E-state index in [1.165, 1.54) is 7.11 Å². The van der Waals surface area contributed by atoms with Crippen molar-refractivity contribution in [3.8, 4) is 0 Å². The number of hydrogen-bond acceptors (Lipinski definition) is 4. The highest BCUT2D eigenvalue weighted by Crippen LogP contribution is 2.23. The fourth-order valence-electron chi connectivity index (χ4n) is 1.41. The van der Waals surface area contributed by atoms with Crippen LogP contribution in [0.2, 0.25) is 5.02 Å². The zero-order chi connectivity index (χ0) is 15.3. The van der Waals surface area contributed by atoms with Gasteiger partial charge in [0, 0.05) is 20.3 Å². The van der Waals surface area contributed by atoms with Crippen molar-refractivity contribution in [2.75, 3.05) is 20.3 Å². The van der Waals surface area contributed by atoms with Gasteiger partial charge in [0.1, 0.15) is 5.82 Å². The third-order valence-electron chi connectivity index (χ3n) is 2.39. The first-order valence-electron chi connectivity index (χ1n) is 5.56. The van der Waals surface area contributed by atoms with Crippen LogP contribution >= 0.6 is 11.6 Å². The van der Waals surface area contributed by atoms with E-state index in [0.717, 1.165) is 6.07 Å². The van der Waals surface area contributed by atoms with E-state index in [-0.39, 0.29) is 12.1 Å². The number of hydrogen-bond donors (Lipinski definition) is 2. The zero-order valence-corrected chi connectivity index (χ0v) is 12.2. The molecule has 1 amide bonds. The fraction of sp³-hybridized carbons (Fsp3) is 0.364. The molecule has 0 aliphatic carbocycles. The maximum Gasteiger partial charge on any atom is 0.252 e. The summed E-state index contributed by atoms with van der Waals surface area (Å²) in [4.78, 5) is 11.3. The van der Waals surface area contributed by atoms with Gasteiger partial charge in [0.2, 0.25) is 10.0 Å². The average Bonchev–Trinajstić information content (AvgIpc) is 2.36. The molecule has 1 aromatic rings. The van der Waals surface area contributed by atoms with E-state index in [2.05, 4.69) is 5.32 Å². The second-order valence-electron chi connectivity index (χ2n) is 3.91. The van der Waals surface area contributed by atoms with Gasteiger partial charge in [0.05, 0.1) is 15.5 Å². The number of rotatable bonds is 6. The number of nitrogens with one attached hydrogen (secondary N) is 1. The summed E-state index contributed by atoms with van der Waals surface area (Å²) in [6.07, 6.45) is 0.553. The number of carbonyl (C=O) groups is 1. The van der Waals surface area contributed by atoms with Crippen molar-refractivity contribution < 1.29 is 22.3 Å². The molecule has 6 nitrogen and oxygen atoms in total. The fourth-order valence-corrected chi connectivity index (χ4v) is 2.15. The van der Waals surface area contributed by atoms with E-state index in [9.17, 15) is 17.6 Å². The summed E-state index contributed by atoms with van der Waals surface area (Å²) >= 11 is 5.65. The summed E-state index contributed by atoms with van der Waals surface area (Å²) in [5.41, 5.74) is -0.284. The molecule has 0 aliphatic heterocycles. The molecule has 0 saturated heterocycles. The van der Waals surface area contributed by atoms with E-state index < -0.39 is 31.7 Å². The lowest BCUT2D eigenvalue weighted by Gasteiger charge is -2.09. The summed E-state index contributed by atoms with van der Waals surface area (Å²) in [5.74, 6) is -1.71. The van der Waals surface area contributed by atoms with Gasteiger partial charge >= 0.3 is 0 Å². The Balaban J connectivity index is 2.99. The number of nitrogens with two attached hydrogens (primary N) is 1. The number of benzene rings is 1. The maximum atomic E-state index is 13.5. The third kappa shape index (κ3) is 4.41. The number of amides is 1. The van der Waals surface area contributed by atoms with E-state index in [0.29, 0.717) is 19.1 Å². The first-order chi connectivity index (χ1) is 9.27. The quantitative estimate of drug-likeness (QED) is 0.759. The summed E-state index contributed by atoms with van der Waals surface area (Å²) < 4.78 is 40.7. The molecular weight excluding hydrogens is 311 g/mol. The molecule has 0 bridgehead atoms. The van der Waals surface area contributed by atoms with Gasteiger partial charge < -0.3 is 10.1 Å². The van der Waals surface area contributed by atoms with Gasteiger partial charge in [-0.1, -0.05) is 11.6 Å². The van der Waals surface area contributed by atoms with Gasteiger partial charge in [0.25, 0.3) is 5.91 Å². The topological polar surface area (TPSA) is 98.5 Å². The number of sulfonamides is 1. The molecule has 0 aromatic heterocycles. The van der Waals surface area contributed by atoms with E-state index >= 15 is 0 Å². The van der Waals surface area contributed by atoms with Crippen LogP contribution in [0.15, 0.2) is 17.0 Å². The SMILES string of the molecule is COCCCNC(=O)c1cc(S(N)(=O)=O)cc(F)c1Cl. The van der Waals surface area contributed by atoms with Crippen molar-refractivity contribution in [1.29, 1.82) is 0 Å². The Morgan fingerprint density at radius 3 is 2.70 bits per heavy atom. The van der Waals surface area contributed by atoms with Crippen molar-refractivity contribution >= 4 is 27.5 Å². The highest BCUT2D eigenvalue weighted by molar-refractivity contribution is 7.89. The second-order valence-corrected chi connectivity index (χ2v) is 5.85. The molecule has 0 fully saturated rings. The molecule has 112 valence electrons. The molecule has 0 aliphatic rings. The van der Waals surface area contributed by atoms with Crippen molar-refractivity contribution in [2.24, 2.45) is 5.14 Å². The Hall–Kier alpha value is -1.22. The van der Waals surface area contributed by atoms with E-state index in [1.54, 1.807) is 0 Å². The molecule has 9 heteroatoms. The third-order valence-corrected chi connectivity index (χ3v) is 3.66. The molecule has 0 saturated carbocycles. The van der Waals surface area contributed by atoms with Gasteiger partial charge in [-0.15, -0.1) is 0 Å². The Morgan fingerprint density at radius 1 is 1.50 bits per heavy atom. The Kier molecular flexibility index (Phi) is 5.88. The second kappa shape index (κ2) is 6.98. The first-order valence-corrected chi connectivity index (χ1v) is 7.48. The van der Waals surface area contributed by atoms with Crippen LogP contribution in [0.5, 0.6) is 0 Å². The lowest BCUT2D eigenvalue weighted by atomic mass is 10.2. The van der Waals surface area contributed by atoms with E-state index in [1.807, 2.05) is 0 Å². The number of ether oxygens (including phenoxy) is 1. The monoisotopic (exact) mass is 324 g/mol. The van der Waals surface area contributed by atoms with Gasteiger partial charge in [-0.25, -0.2) is 17.9 Å². The zero-order valence-electron chi connectivity index (χ0n) is 10.7. The first kappa shape index (κ1) is 16.8. The minimum atomic E-state index is -4.13. The number of halogens is 2. The Morgan fingerprint density at radius 2 is 2.15 bits per heavy atom. The van der Waals surface area contributed by atoms with Crippen LogP contribution in [0.25, 0.3) is 0 Å². The standard InChI is InChI=1S/C11H14ClFN2O4S/c1-19-4-2-3-15-11(16)8-5-7(20(14,17)18)6-9(13)10(8)12/h5-6H,2-4H2,1H3,(H,15,16)(H2,14,17,18). The number of carbonyl (C=O) groups excluding carboxylic acids is 1. The number of methoxy groups -OCH3 is 1. The van der Waals surface area contributed by atoms with Crippen LogP contribution in [0.4, 0.5) is 4.39 Å². The lowest BCUT2D eigenvalue weighted by Crippen LogP contribution is -2.26. The molecule has 0 unspecified atom stereocenters. The van der Waals surface area contributed by atoms with Crippen molar-refractivity contribution in [1.82, 2.24) is 5.32 Å². The summed E-state index contributed by atoms with van der Waals surface area (Å²) in [5, 5.41) is 6.92. The predicted molar refractivity (Wildman–Crippen MR) is 71.6 cm³/mol. The van der Waals surface area contributed by atoms with Crippen molar-refractivity contribution in [3.05, 3.63) is 28.5 Å². The van der Waals surface area contributed by atoms with Crippen LogP contribution in [0.1, 0.15) is 16.8 Å². The van der Waals surface area contributed by atoms with Gasteiger partial charge in [0.15, 0.2) is 0 Å². The molecule has 0 spiro atoms. The lowest BCUT2D eigenvalue weighted by molar-refractivity contribution is 0.0948. The normalized spacial score (nSPS) is 11.4. The van der Waals surface area contributed by atoms with Gasteiger partial charge in [-0.05, 0) is 18.6 Å². The van der Waals surface area contributed by atoms with Crippen LogP contribution in [-0.2, 0) is 14.8 Å². The van der Waals surface area contributed by atoms with Gasteiger partial charge in [-0.2, -0.15) is 0 Å². The summed E-state index contributed by atoms with van der Waals surface area (Å²) in [7, 11) is -2.61. The van der Waals surface area contributed by atoms with Crippen LogP contribution < -0.4 is 10.5 Å². The summed E-state index contributed by atoms with van der Waals surface area (Å²) in [6, 6.07) is 1.60. The minimum absolute atomic E-state index is 0.282.